The number of epoxide rings is 1. The van der Waals surface area contributed by atoms with E-state index in [1.165, 1.54) is 0 Å². The van der Waals surface area contributed by atoms with Crippen LogP contribution >= 0.6 is 0 Å². The third-order valence-corrected chi connectivity index (χ3v) is 6.05. The molecule has 154 valence electrons. The van der Waals surface area contributed by atoms with Crippen molar-refractivity contribution >= 4 is 11.9 Å². The maximum atomic E-state index is 12.5. The highest BCUT2D eigenvalue weighted by molar-refractivity contribution is 5.92. The zero-order valence-electron chi connectivity index (χ0n) is 17.3. The molecule has 3 aliphatic rings. The molecule has 1 aliphatic carbocycles. The highest BCUT2D eigenvalue weighted by Crippen LogP contribution is 2.48. The Balaban J connectivity index is 1.98. The van der Waals surface area contributed by atoms with E-state index in [0.29, 0.717) is 30.6 Å². The maximum Gasteiger partial charge on any atom is 0.334 e. The molecule has 0 saturated carbocycles. The van der Waals surface area contributed by atoms with Gasteiger partial charge in [-0.05, 0) is 46.3 Å². The second-order valence-electron chi connectivity index (χ2n) is 8.05. The van der Waals surface area contributed by atoms with Gasteiger partial charge in [-0.3, -0.25) is 0 Å². The van der Waals surface area contributed by atoms with Gasteiger partial charge in [0.05, 0.1) is 23.7 Å². The molecule has 6 heteroatoms. The molecule has 6 atom stereocenters. The van der Waals surface area contributed by atoms with E-state index in [9.17, 15) is 9.59 Å². The van der Waals surface area contributed by atoms with E-state index in [1.807, 2.05) is 26.8 Å². The second-order valence-corrected chi connectivity index (χ2v) is 8.05. The first-order valence-corrected chi connectivity index (χ1v) is 9.91. The summed E-state index contributed by atoms with van der Waals surface area (Å²) in [5.74, 6) is -1.30. The highest BCUT2D eigenvalue weighted by Gasteiger charge is 2.57. The number of allylic oxidation sites excluding steroid dienone is 1. The number of hydrogen-bond acceptors (Lipinski definition) is 6. The number of fused-ring (bicyclic) bond motifs is 2. The quantitative estimate of drug-likeness (QED) is 0.317. The largest absolute Gasteiger partial charge is 0.458 e. The van der Waals surface area contributed by atoms with Crippen molar-refractivity contribution in [3.05, 3.63) is 35.5 Å². The monoisotopic (exact) mass is 390 g/mol. The van der Waals surface area contributed by atoms with Crippen molar-refractivity contribution < 1.29 is 28.5 Å². The van der Waals surface area contributed by atoms with E-state index in [4.69, 9.17) is 18.9 Å². The zero-order valence-corrected chi connectivity index (χ0v) is 17.3. The summed E-state index contributed by atoms with van der Waals surface area (Å²) in [4.78, 5) is 24.8. The SMILES string of the molecule is C=C1C(=O)O[C@@H]2/C=C(/C)[C@@H](OCC)C[C@H]3O[C@]3(C)C[C@@H](OC(=O)/C(C)=C\C)[C@@H]12. The van der Waals surface area contributed by atoms with E-state index < -0.39 is 35.7 Å². The Morgan fingerprint density at radius 1 is 1.46 bits per heavy atom. The van der Waals surface area contributed by atoms with Crippen molar-refractivity contribution in [1.29, 1.82) is 0 Å². The predicted octanol–water partition coefficient (Wildman–Crippen LogP) is 3.26. The van der Waals surface area contributed by atoms with Crippen LogP contribution in [-0.4, -0.2) is 48.6 Å². The van der Waals surface area contributed by atoms with E-state index in [-0.39, 0.29) is 12.2 Å². The summed E-state index contributed by atoms with van der Waals surface area (Å²) in [5.41, 5.74) is 1.40. The fourth-order valence-electron chi connectivity index (χ4n) is 4.09. The van der Waals surface area contributed by atoms with Gasteiger partial charge in [-0.2, -0.15) is 0 Å². The summed E-state index contributed by atoms with van der Waals surface area (Å²) in [5, 5.41) is 0. The topological polar surface area (TPSA) is 74.4 Å². The van der Waals surface area contributed by atoms with E-state index in [0.717, 1.165) is 5.57 Å². The van der Waals surface area contributed by atoms with Gasteiger partial charge < -0.3 is 18.9 Å². The lowest BCUT2D eigenvalue weighted by Gasteiger charge is -2.29. The van der Waals surface area contributed by atoms with Crippen LogP contribution in [0.1, 0.15) is 47.5 Å². The van der Waals surface area contributed by atoms with Crippen LogP contribution in [0.4, 0.5) is 0 Å². The third-order valence-electron chi connectivity index (χ3n) is 6.05. The van der Waals surface area contributed by atoms with Gasteiger partial charge in [-0.25, -0.2) is 9.59 Å². The zero-order chi connectivity index (χ0) is 20.6. The molecule has 3 rings (SSSR count). The van der Waals surface area contributed by atoms with Gasteiger partial charge in [0.1, 0.15) is 12.2 Å². The molecule has 0 radical (unpaired) electrons. The molecular formula is C22H30O6. The first kappa shape index (κ1) is 20.8. The number of rotatable bonds is 4. The molecule has 0 aromatic heterocycles. The summed E-state index contributed by atoms with van der Waals surface area (Å²) in [6.45, 7) is 14.0. The number of carbonyl (C=O) groups is 2. The molecule has 0 unspecified atom stereocenters. The van der Waals surface area contributed by atoms with E-state index in [1.54, 1.807) is 19.9 Å². The summed E-state index contributed by atoms with van der Waals surface area (Å²) in [6, 6.07) is 0. The molecular weight excluding hydrogens is 360 g/mol. The Morgan fingerprint density at radius 2 is 2.18 bits per heavy atom. The van der Waals surface area contributed by atoms with Crippen LogP contribution < -0.4 is 0 Å². The van der Waals surface area contributed by atoms with Crippen LogP contribution in [0.15, 0.2) is 35.5 Å². The average Bonchev–Trinajstić information content (AvgIpc) is 3.18. The average molecular weight is 390 g/mol. The van der Waals surface area contributed by atoms with Crippen molar-refractivity contribution in [2.45, 2.75) is 77.5 Å². The lowest BCUT2D eigenvalue weighted by atomic mass is 9.82. The van der Waals surface area contributed by atoms with Gasteiger partial charge in [0.2, 0.25) is 0 Å². The van der Waals surface area contributed by atoms with Gasteiger partial charge in [0.15, 0.2) is 0 Å². The predicted molar refractivity (Wildman–Crippen MR) is 104 cm³/mol. The van der Waals surface area contributed by atoms with E-state index >= 15 is 0 Å². The fraction of sp³-hybridized carbons (Fsp3) is 0.636. The van der Waals surface area contributed by atoms with Gasteiger partial charge in [-0.1, -0.05) is 12.7 Å². The fourth-order valence-corrected chi connectivity index (χ4v) is 4.09. The minimum Gasteiger partial charge on any atom is -0.458 e. The van der Waals surface area contributed by atoms with Gasteiger partial charge in [0.25, 0.3) is 0 Å². The molecule has 0 spiro atoms. The van der Waals surface area contributed by atoms with Crippen LogP contribution in [0.25, 0.3) is 0 Å². The minimum atomic E-state index is -0.561. The minimum absolute atomic E-state index is 0.0132. The first-order valence-electron chi connectivity index (χ1n) is 9.91. The van der Waals surface area contributed by atoms with Crippen molar-refractivity contribution in [3.63, 3.8) is 0 Å². The molecule has 0 bridgehead atoms. The lowest BCUT2D eigenvalue weighted by molar-refractivity contribution is -0.148. The van der Waals surface area contributed by atoms with Crippen LogP contribution in [-0.2, 0) is 28.5 Å². The van der Waals surface area contributed by atoms with Crippen LogP contribution in [0.5, 0.6) is 0 Å². The Kier molecular flexibility index (Phi) is 5.82. The summed E-state index contributed by atoms with van der Waals surface area (Å²) in [7, 11) is 0. The number of ether oxygens (including phenoxy) is 4. The summed E-state index contributed by atoms with van der Waals surface area (Å²) < 4.78 is 23.3. The normalized spacial score (nSPS) is 40.0. The van der Waals surface area contributed by atoms with Crippen molar-refractivity contribution in [2.24, 2.45) is 5.92 Å². The van der Waals surface area contributed by atoms with Crippen molar-refractivity contribution in [2.75, 3.05) is 6.61 Å². The molecule has 2 saturated heterocycles. The molecule has 2 fully saturated rings. The molecule has 6 nitrogen and oxygen atoms in total. The molecule has 0 aromatic carbocycles. The molecule has 28 heavy (non-hydrogen) atoms. The lowest BCUT2D eigenvalue weighted by Crippen LogP contribution is -2.38. The Morgan fingerprint density at radius 3 is 2.82 bits per heavy atom. The van der Waals surface area contributed by atoms with Crippen LogP contribution in [0.3, 0.4) is 0 Å². The Labute approximate surface area is 166 Å². The smallest absolute Gasteiger partial charge is 0.334 e. The molecule has 2 heterocycles. The summed E-state index contributed by atoms with van der Waals surface area (Å²) >= 11 is 0. The van der Waals surface area contributed by atoms with Crippen LogP contribution in [0.2, 0.25) is 0 Å². The van der Waals surface area contributed by atoms with Crippen molar-refractivity contribution in [1.82, 2.24) is 0 Å². The van der Waals surface area contributed by atoms with Gasteiger partial charge in [0, 0.05) is 30.6 Å². The molecule has 0 amide bonds. The van der Waals surface area contributed by atoms with E-state index in [2.05, 4.69) is 6.58 Å². The molecule has 0 aromatic rings. The maximum absolute atomic E-state index is 12.5. The van der Waals surface area contributed by atoms with Crippen molar-refractivity contribution in [3.8, 4) is 0 Å². The Hall–Kier alpha value is -1.92. The third kappa shape index (κ3) is 3.94. The number of hydrogen-bond donors (Lipinski definition) is 0. The number of carbonyl (C=O) groups excluding carboxylic acids is 2. The number of esters is 2. The highest BCUT2D eigenvalue weighted by atomic mass is 16.6. The first-order chi connectivity index (χ1) is 13.2. The standard InChI is InChI=1S/C22H30O6/c1-7-12(3)20(23)27-17-11-22(6)18(28-22)10-15(25-8-2)13(4)9-16-19(17)14(5)21(24)26-16/h7,9,15-19H,5,8,10-11H2,1-4,6H3/b12-7-,13-9-/t15-,16+,17+,18+,19-,22+/m0/s1. The second kappa shape index (κ2) is 7.84. The van der Waals surface area contributed by atoms with Gasteiger partial charge >= 0.3 is 11.9 Å². The Bertz CT molecular complexity index is 735. The van der Waals surface area contributed by atoms with Gasteiger partial charge in [-0.15, -0.1) is 0 Å². The molecule has 0 N–H and O–H groups in total. The molecule has 2 aliphatic heterocycles. The van der Waals surface area contributed by atoms with Crippen LogP contribution in [0, 0.1) is 5.92 Å². The summed E-state index contributed by atoms with van der Waals surface area (Å²) in [6.07, 6.45) is 3.62.